The van der Waals surface area contributed by atoms with Crippen molar-refractivity contribution in [3.05, 3.63) is 59.2 Å². The fourth-order valence-electron chi connectivity index (χ4n) is 3.98. The third kappa shape index (κ3) is 3.87. The molecular weight excluding hydrogens is 376 g/mol. The fraction of sp³-hybridized carbons (Fsp3) is 0.318. The van der Waals surface area contributed by atoms with E-state index in [0.717, 1.165) is 33.8 Å². The molecule has 1 N–H and O–H groups in total. The van der Waals surface area contributed by atoms with Crippen LogP contribution >= 0.6 is 23.4 Å². The highest BCUT2D eigenvalue weighted by atomic mass is 35.5. The molecule has 0 spiro atoms. The molecule has 27 heavy (non-hydrogen) atoms. The van der Waals surface area contributed by atoms with Gasteiger partial charge in [0.25, 0.3) is 5.91 Å². The Morgan fingerprint density at radius 2 is 1.74 bits per heavy atom. The summed E-state index contributed by atoms with van der Waals surface area (Å²) in [5.74, 6) is 1.17. The molecule has 2 aromatic carbocycles. The second-order valence-corrected chi connectivity index (χ2v) is 9.11. The van der Waals surface area contributed by atoms with Crippen LogP contribution in [0, 0.1) is 11.8 Å². The van der Waals surface area contributed by atoms with Gasteiger partial charge in [0.05, 0.1) is 4.90 Å². The quantitative estimate of drug-likeness (QED) is 0.579. The number of aromatic nitrogens is 1. The van der Waals surface area contributed by atoms with Gasteiger partial charge in [0, 0.05) is 33.9 Å². The smallest absolute Gasteiger partial charge is 0.271 e. The Kier molecular flexibility index (Phi) is 5.20. The van der Waals surface area contributed by atoms with E-state index in [1.807, 2.05) is 47.4 Å². The highest BCUT2D eigenvalue weighted by molar-refractivity contribution is 7.99. The lowest BCUT2D eigenvalue weighted by Crippen LogP contribution is -2.42. The van der Waals surface area contributed by atoms with Gasteiger partial charge in [-0.3, -0.25) is 4.79 Å². The highest BCUT2D eigenvalue weighted by Crippen LogP contribution is 2.38. The van der Waals surface area contributed by atoms with Crippen LogP contribution < -0.4 is 0 Å². The standard InChI is InChI=1S/C22H23ClN2OS/c1-14-11-15(2)13-25(12-14)22(26)20-21(18-5-3-4-6-19(18)24-20)27-17-9-7-16(23)8-10-17/h3-10,14-15,24H,11-13H2,1-2H3/t14-,15-/m1/s1. The van der Waals surface area contributed by atoms with E-state index in [4.69, 9.17) is 11.6 Å². The van der Waals surface area contributed by atoms with Gasteiger partial charge >= 0.3 is 0 Å². The zero-order valence-corrected chi connectivity index (χ0v) is 17.1. The summed E-state index contributed by atoms with van der Waals surface area (Å²) in [5.41, 5.74) is 1.69. The van der Waals surface area contributed by atoms with Gasteiger partial charge in [-0.15, -0.1) is 0 Å². The van der Waals surface area contributed by atoms with Crippen molar-refractivity contribution in [3.63, 3.8) is 0 Å². The lowest BCUT2D eigenvalue weighted by Gasteiger charge is -2.34. The summed E-state index contributed by atoms with van der Waals surface area (Å²) in [6, 6.07) is 15.9. The van der Waals surface area contributed by atoms with Crippen molar-refractivity contribution in [1.29, 1.82) is 0 Å². The Hall–Kier alpha value is -1.91. The first kappa shape index (κ1) is 18.5. The molecule has 0 aliphatic carbocycles. The Bertz CT molecular complexity index is 956. The maximum absolute atomic E-state index is 13.4. The maximum Gasteiger partial charge on any atom is 0.271 e. The number of hydrogen-bond donors (Lipinski definition) is 1. The van der Waals surface area contributed by atoms with Gasteiger partial charge in [-0.1, -0.05) is 55.4 Å². The number of H-pyrrole nitrogens is 1. The number of nitrogens with one attached hydrogen (secondary N) is 1. The van der Waals surface area contributed by atoms with Crippen molar-refractivity contribution in [2.75, 3.05) is 13.1 Å². The number of amides is 1. The first-order chi connectivity index (χ1) is 13.0. The number of benzene rings is 2. The van der Waals surface area contributed by atoms with E-state index in [2.05, 4.69) is 24.9 Å². The molecule has 1 amide bonds. The van der Waals surface area contributed by atoms with E-state index in [0.29, 0.717) is 22.6 Å². The predicted molar refractivity (Wildman–Crippen MR) is 113 cm³/mol. The van der Waals surface area contributed by atoms with Crippen molar-refractivity contribution in [3.8, 4) is 0 Å². The van der Waals surface area contributed by atoms with Crippen LogP contribution in [0.25, 0.3) is 10.9 Å². The third-order valence-electron chi connectivity index (χ3n) is 5.06. The van der Waals surface area contributed by atoms with E-state index in [1.165, 1.54) is 6.42 Å². The van der Waals surface area contributed by atoms with Gasteiger partial charge < -0.3 is 9.88 Å². The summed E-state index contributed by atoms with van der Waals surface area (Å²) in [5, 5.41) is 1.80. The lowest BCUT2D eigenvalue weighted by molar-refractivity contribution is 0.0614. The molecule has 2 atom stereocenters. The van der Waals surface area contributed by atoms with Gasteiger partial charge in [-0.2, -0.15) is 0 Å². The minimum Gasteiger partial charge on any atom is -0.350 e. The first-order valence-electron chi connectivity index (χ1n) is 9.34. The summed E-state index contributed by atoms with van der Waals surface area (Å²) in [7, 11) is 0. The Morgan fingerprint density at radius 3 is 2.44 bits per heavy atom. The topological polar surface area (TPSA) is 36.1 Å². The zero-order valence-electron chi connectivity index (χ0n) is 15.5. The minimum atomic E-state index is 0.0982. The Labute approximate surface area is 169 Å². The molecule has 0 bridgehead atoms. The molecule has 4 rings (SSSR count). The zero-order chi connectivity index (χ0) is 19.0. The normalized spacial score (nSPS) is 20.2. The van der Waals surface area contributed by atoms with Gasteiger partial charge in [0.1, 0.15) is 5.69 Å². The van der Waals surface area contributed by atoms with Crippen molar-refractivity contribution in [2.24, 2.45) is 11.8 Å². The maximum atomic E-state index is 13.4. The summed E-state index contributed by atoms with van der Waals surface area (Å²) in [4.78, 5) is 20.8. The minimum absolute atomic E-state index is 0.0982. The van der Waals surface area contributed by atoms with Gasteiger partial charge in [0.2, 0.25) is 0 Å². The van der Waals surface area contributed by atoms with Gasteiger partial charge in [-0.25, -0.2) is 0 Å². The van der Waals surface area contributed by atoms with Crippen molar-refractivity contribution >= 4 is 40.2 Å². The SMILES string of the molecule is C[C@@H]1C[C@@H](C)CN(C(=O)c2[nH]c3ccccc3c2Sc2ccc(Cl)cc2)C1. The highest BCUT2D eigenvalue weighted by Gasteiger charge is 2.29. The predicted octanol–water partition coefficient (Wildman–Crippen LogP) is 6.09. The van der Waals surface area contributed by atoms with Crippen LogP contribution in [0.2, 0.25) is 5.02 Å². The molecule has 3 aromatic rings. The number of halogens is 1. The number of rotatable bonds is 3. The van der Waals surface area contributed by atoms with E-state index in [1.54, 1.807) is 11.8 Å². The first-order valence-corrected chi connectivity index (χ1v) is 10.5. The monoisotopic (exact) mass is 398 g/mol. The van der Waals surface area contributed by atoms with E-state index < -0.39 is 0 Å². The van der Waals surface area contributed by atoms with Crippen molar-refractivity contribution < 1.29 is 4.79 Å². The number of hydrogen-bond acceptors (Lipinski definition) is 2. The number of piperidine rings is 1. The fourth-order valence-corrected chi connectivity index (χ4v) is 5.14. The molecule has 0 saturated carbocycles. The largest absolute Gasteiger partial charge is 0.350 e. The van der Waals surface area contributed by atoms with Crippen LogP contribution in [0.1, 0.15) is 30.8 Å². The molecule has 3 nitrogen and oxygen atoms in total. The average molecular weight is 399 g/mol. The van der Waals surface area contributed by atoms with Crippen LogP contribution in [0.15, 0.2) is 58.3 Å². The molecule has 5 heteroatoms. The second-order valence-electron chi connectivity index (χ2n) is 7.59. The number of carbonyl (C=O) groups is 1. The third-order valence-corrected chi connectivity index (χ3v) is 6.45. The molecule has 1 saturated heterocycles. The average Bonchev–Trinajstić information content (AvgIpc) is 3.01. The summed E-state index contributed by atoms with van der Waals surface area (Å²) < 4.78 is 0. The van der Waals surface area contributed by atoms with E-state index >= 15 is 0 Å². The Morgan fingerprint density at radius 1 is 1.07 bits per heavy atom. The number of fused-ring (bicyclic) bond motifs is 1. The number of aromatic amines is 1. The van der Waals surface area contributed by atoms with Crippen LogP contribution in [0.3, 0.4) is 0 Å². The Balaban J connectivity index is 1.73. The van der Waals surface area contributed by atoms with Gasteiger partial charge in [0.15, 0.2) is 0 Å². The number of carbonyl (C=O) groups excluding carboxylic acids is 1. The molecule has 0 unspecified atom stereocenters. The molecule has 1 aliphatic heterocycles. The number of likely N-dealkylation sites (tertiary alicyclic amines) is 1. The van der Waals surface area contributed by atoms with Gasteiger partial charge in [-0.05, 0) is 48.6 Å². The molecule has 0 radical (unpaired) electrons. The number of para-hydroxylation sites is 1. The summed E-state index contributed by atoms with van der Waals surface area (Å²) in [6.07, 6.45) is 1.18. The van der Waals surface area contributed by atoms with Crippen LogP contribution in [0.4, 0.5) is 0 Å². The molecule has 1 fully saturated rings. The van der Waals surface area contributed by atoms with E-state index in [-0.39, 0.29) is 5.91 Å². The van der Waals surface area contributed by atoms with Crippen molar-refractivity contribution in [2.45, 2.75) is 30.1 Å². The van der Waals surface area contributed by atoms with E-state index in [9.17, 15) is 4.79 Å². The second kappa shape index (κ2) is 7.61. The summed E-state index contributed by atoms with van der Waals surface area (Å²) >= 11 is 7.64. The molecule has 1 aromatic heterocycles. The lowest BCUT2D eigenvalue weighted by atomic mass is 9.92. The molecule has 1 aliphatic rings. The van der Waals surface area contributed by atoms with Crippen LogP contribution in [0.5, 0.6) is 0 Å². The van der Waals surface area contributed by atoms with Crippen molar-refractivity contribution in [1.82, 2.24) is 9.88 Å². The molecular formula is C22H23ClN2OS. The molecule has 140 valence electrons. The van der Waals surface area contributed by atoms with Crippen LogP contribution in [-0.2, 0) is 0 Å². The molecule has 2 heterocycles. The number of nitrogens with zero attached hydrogens (tertiary/aromatic N) is 1. The van der Waals surface area contributed by atoms with Crippen LogP contribution in [-0.4, -0.2) is 28.9 Å². The summed E-state index contributed by atoms with van der Waals surface area (Å²) in [6.45, 7) is 6.10.